The lowest BCUT2D eigenvalue weighted by atomic mass is 9.91. The van der Waals surface area contributed by atoms with Gasteiger partial charge in [0, 0.05) is 32.6 Å². The van der Waals surface area contributed by atoms with E-state index in [2.05, 4.69) is 11.0 Å². The van der Waals surface area contributed by atoms with Gasteiger partial charge in [-0.1, -0.05) is 36.4 Å². The van der Waals surface area contributed by atoms with Gasteiger partial charge in [0.05, 0.1) is 12.7 Å². The second kappa shape index (κ2) is 12.5. The van der Waals surface area contributed by atoms with Gasteiger partial charge in [-0.05, 0) is 98.8 Å². The lowest BCUT2D eigenvalue weighted by Crippen LogP contribution is -2.27. The number of hydrogen-bond acceptors (Lipinski definition) is 5. The van der Waals surface area contributed by atoms with Crippen molar-refractivity contribution in [1.82, 2.24) is 4.90 Å². The molecule has 1 aliphatic carbocycles. The number of likely N-dealkylation sites (tertiary alicyclic amines) is 1. The van der Waals surface area contributed by atoms with Crippen LogP contribution >= 0.6 is 11.3 Å². The van der Waals surface area contributed by atoms with Crippen molar-refractivity contribution in [2.75, 3.05) is 26.2 Å². The first kappa shape index (κ1) is 26.9. The molecule has 2 aliphatic rings. The predicted octanol–water partition coefficient (Wildman–Crippen LogP) is 7.90. The number of carbonyl (C=O) groups excluding carboxylic acids is 1. The maximum Gasteiger partial charge on any atom is 0.195 e. The third-order valence-electron chi connectivity index (χ3n) is 7.86. The summed E-state index contributed by atoms with van der Waals surface area (Å²) >= 11 is 1.64. The molecule has 3 aromatic carbocycles. The maximum absolute atomic E-state index is 13.8. The van der Waals surface area contributed by atoms with Crippen molar-refractivity contribution in [3.63, 3.8) is 0 Å². The Labute approximate surface area is 239 Å². The van der Waals surface area contributed by atoms with E-state index in [1.165, 1.54) is 43.6 Å². The van der Waals surface area contributed by atoms with Crippen LogP contribution in [0.15, 0.2) is 78.9 Å². The third kappa shape index (κ3) is 6.20. The molecule has 4 aromatic rings. The van der Waals surface area contributed by atoms with Gasteiger partial charge in [-0.2, -0.15) is 0 Å². The van der Waals surface area contributed by atoms with Crippen LogP contribution in [0.2, 0.25) is 0 Å². The van der Waals surface area contributed by atoms with Crippen molar-refractivity contribution >= 4 is 32.8 Å². The first-order chi connectivity index (χ1) is 19.6. The fourth-order valence-corrected chi connectivity index (χ4v) is 6.92. The Hall–Kier alpha value is -3.32. The quantitative estimate of drug-likeness (QED) is 0.187. The Morgan fingerprint density at radius 2 is 1.80 bits per heavy atom. The number of allylic oxidation sites excluding steroid dienone is 1. The zero-order valence-corrected chi connectivity index (χ0v) is 23.4. The van der Waals surface area contributed by atoms with Crippen LogP contribution in [0.5, 0.6) is 5.75 Å². The minimum atomic E-state index is -0.349. The Bertz CT molecular complexity index is 1490. The fourth-order valence-electron chi connectivity index (χ4n) is 5.63. The first-order valence-electron chi connectivity index (χ1n) is 14.2. The summed E-state index contributed by atoms with van der Waals surface area (Å²) in [7, 11) is 0. The van der Waals surface area contributed by atoms with Gasteiger partial charge in [-0.3, -0.25) is 4.79 Å². The number of carbonyl (C=O) groups is 1. The Morgan fingerprint density at radius 3 is 2.55 bits per heavy atom. The van der Waals surface area contributed by atoms with Gasteiger partial charge in [0.2, 0.25) is 0 Å². The Morgan fingerprint density at radius 1 is 1.00 bits per heavy atom. The molecule has 6 heteroatoms. The average molecular weight is 556 g/mol. The second-order valence-electron chi connectivity index (χ2n) is 10.6. The van der Waals surface area contributed by atoms with E-state index in [0.29, 0.717) is 17.7 Å². The molecular formula is C34H34FNO3S. The summed E-state index contributed by atoms with van der Waals surface area (Å²) in [5, 5.41) is 0.909. The Kier molecular flexibility index (Phi) is 8.37. The number of ketones is 1. The molecule has 4 nitrogen and oxygen atoms in total. The highest BCUT2D eigenvalue weighted by Crippen LogP contribution is 2.42. The van der Waals surface area contributed by atoms with E-state index in [4.69, 9.17) is 9.47 Å². The first-order valence-corrected chi connectivity index (χ1v) is 15.0. The van der Waals surface area contributed by atoms with Gasteiger partial charge >= 0.3 is 0 Å². The van der Waals surface area contributed by atoms with Gasteiger partial charge in [-0.25, -0.2) is 4.39 Å². The molecule has 1 atom stereocenters. The average Bonchev–Trinajstić information content (AvgIpc) is 3.65. The molecule has 206 valence electrons. The van der Waals surface area contributed by atoms with Crippen LogP contribution in [-0.2, 0) is 11.3 Å². The van der Waals surface area contributed by atoms with Crippen LogP contribution in [0, 0.1) is 5.82 Å². The molecule has 1 aliphatic heterocycles. The summed E-state index contributed by atoms with van der Waals surface area (Å²) in [6.07, 6.45) is 7.71. The SMILES string of the molecule is O=C(c1ccc(F)cc1)c1c(C2=CCC(OCCN3CCCC3)CC2)sc2cc(OCc3ccccc3)ccc12. The number of halogens is 1. The molecule has 1 aromatic heterocycles. The van der Waals surface area contributed by atoms with Gasteiger partial charge < -0.3 is 14.4 Å². The standard InChI is InChI=1S/C34H34FNO3S/c35-27-12-8-25(9-13-27)33(37)32-30-17-16-29(39-23-24-6-2-1-3-7-24)22-31(30)40-34(32)26-10-14-28(15-11-26)38-21-20-36-18-4-5-19-36/h1-3,6-10,12-13,16-17,22,28H,4-5,11,14-15,18-21,23H2. The van der Waals surface area contributed by atoms with E-state index in [9.17, 15) is 9.18 Å². The van der Waals surface area contributed by atoms with Crippen molar-refractivity contribution in [1.29, 1.82) is 0 Å². The molecule has 0 saturated carbocycles. The molecule has 6 rings (SSSR count). The molecule has 1 fully saturated rings. The summed E-state index contributed by atoms with van der Waals surface area (Å²) in [4.78, 5) is 17.3. The van der Waals surface area contributed by atoms with E-state index >= 15 is 0 Å². The van der Waals surface area contributed by atoms with Crippen molar-refractivity contribution < 1.29 is 18.7 Å². The van der Waals surface area contributed by atoms with E-state index in [0.717, 1.165) is 58.7 Å². The van der Waals surface area contributed by atoms with Crippen molar-refractivity contribution in [3.05, 3.63) is 106 Å². The minimum Gasteiger partial charge on any atom is -0.489 e. The van der Waals surface area contributed by atoms with Gasteiger partial charge in [-0.15, -0.1) is 11.3 Å². The molecule has 0 bridgehead atoms. The van der Waals surface area contributed by atoms with Crippen LogP contribution < -0.4 is 4.74 Å². The smallest absolute Gasteiger partial charge is 0.195 e. The summed E-state index contributed by atoms with van der Waals surface area (Å²) < 4.78 is 26.9. The normalized spacial score (nSPS) is 17.7. The molecular weight excluding hydrogens is 521 g/mol. The third-order valence-corrected chi connectivity index (χ3v) is 9.09. The minimum absolute atomic E-state index is 0.0795. The maximum atomic E-state index is 13.8. The van der Waals surface area contributed by atoms with E-state index < -0.39 is 0 Å². The topological polar surface area (TPSA) is 38.8 Å². The second-order valence-corrected chi connectivity index (χ2v) is 11.7. The van der Waals surface area contributed by atoms with Crippen LogP contribution in [-0.4, -0.2) is 43.0 Å². The van der Waals surface area contributed by atoms with Crippen LogP contribution in [0.3, 0.4) is 0 Å². The van der Waals surface area contributed by atoms with E-state index in [1.54, 1.807) is 23.5 Å². The van der Waals surface area contributed by atoms with Crippen LogP contribution in [0.4, 0.5) is 4.39 Å². The van der Waals surface area contributed by atoms with Gasteiger partial charge in [0.15, 0.2) is 5.78 Å². The summed E-state index contributed by atoms with van der Waals surface area (Å²) in [6, 6.07) is 21.9. The summed E-state index contributed by atoms with van der Waals surface area (Å²) in [5.41, 5.74) is 3.48. The summed E-state index contributed by atoms with van der Waals surface area (Å²) in [5.74, 6) is 0.344. The lowest BCUT2D eigenvalue weighted by Gasteiger charge is -2.24. The highest BCUT2D eigenvalue weighted by molar-refractivity contribution is 7.20. The van der Waals surface area contributed by atoms with Crippen molar-refractivity contribution in [2.45, 2.75) is 44.8 Å². The number of nitrogens with zero attached hydrogens (tertiary/aromatic N) is 1. The Balaban J connectivity index is 1.25. The number of ether oxygens (including phenoxy) is 2. The molecule has 1 saturated heterocycles. The highest BCUT2D eigenvalue weighted by atomic mass is 32.1. The number of thiophene rings is 1. The van der Waals surface area contributed by atoms with Gasteiger partial charge in [0.25, 0.3) is 0 Å². The monoisotopic (exact) mass is 555 g/mol. The molecule has 0 radical (unpaired) electrons. The fraction of sp³-hybridized carbons (Fsp3) is 0.324. The number of hydrogen-bond donors (Lipinski definition) is 0. The molecule has 2 heterocycles. The van der Waals surface area contributed by atoms with Crippen molar-refractivity contribution in [2.24, 2.45) is 0 Å². The van der Waals surface area contributed by atoms with Crippen LogP contribution in [0.25, 0.3) is 15.7 Å². The number of rotatable bonds is 10. The van der Waals surface area contributed by atoms with Crippen LogP contribution in [0.1, 0.15) is 58.5 Å². The largest absolute Gasteiger partial charge is 0.489 e. The zero-order valence-electron chi connectivity index (χ0n) is 22.6. The number of fused-ring (bicyclic) bond motifs is 1. The zero-order chi connectivity index (χ0) is 27.3. The molecule has 0 N–H and O–H groups in total. The van der Waals surface area contributed by atoms with Crippen molar-refractivity contribution in [3.8, 4) is 5.75 Å². The molecule has 40 heavy (non-hydrogen) atoms. The molecule has 0 spiro atoms. The molecule has 1 unspecified atom stereocenters. The highest BCUT2D eigenvalue weighted by Gasteiger charge is 2.26. The summed E-state index contributed by atoms with van der Waals surface area (Å²) in [6.45, 7) is 4.64. The van der Waals surface area contributed by atoms with E-state index in [-0.39, 0.29) is 17.7 Å². The predicted molar refractivity (Wildman–Crippen MR) is 160 cm³/mol. The van der Waals surface area contributed by atoms with Gasteiger partial charge in [0.1, 0.15) is 18.2 Å². The molecule has 0 amide bonds. The lowest BCUT2D eigenvalue weighted by molar-refractivity contribution is 0.0366. The number of benzene rings is 3. The van der Waals surface area contributed by atoms with E-state index in [1.807, 2.05) is 48.5 Å².